The third-order valence-electron chi connectivity index (χ3n) is 7.29. The van der Waals surface area contributed by atoms with Crippen LogP contribution >= 0.6 is 0 Å². The zero-order valence-corrected chi connectivity index (χ0v) is 22.0. The van der Waals surface area contributed by atoms with Gasteiger partial charge in [-0.15, -0.1) is 0 Å². The van der Waals surface area contributed by atoms with Gasteiger partial charge in [0.2, 0.25) is 0 Å². The maximum absolute atomic E-state index is 6.69. The van der Waals surface area contributed by atoms with E-state index < -0.39 is 0 Å². The zero-order valence-electron chi connectivity index (χ0n) is 22.0. The van der Waals surface area contributed by atoms with Crippen LogP contribution in [-0.4, -0.2) is 9.97 Å². The van der Waals surface area contributed by atoms with Crippen molar-refractivity contribution in [3.8, 4) is 11.5 Å². The van der Waals surface area contributed by atoms with Gasteiger partial charge in [-0.25, -0.2) is 0 Å². The van der Waals surface area contributed by atoms with E-state index in [-0.39, 0.29) is 5.41 Å². The summed E-state index contributed by atoms with van der Waals surface area (Å²) in [6.07, 6.45) is 3.73. The quantitative estimate of drug-likeness (QED) is 0.239. The van der Waals surface area contributed by atoms with Gasteiger partial charge in [0.05, 0.1) is 16.7 Å². The largest absolute Gasteiger partial charge is 0.452 e. The summed E-state index contributed by atoms with van der Waals surface area (Å²) in [4.78, 5) is 12.1. The van der Waals surface area contributed by atoms with Gasteiger partial charge in [-0.05, 0) is 85.2 Å². The highest BCUT2D eigenvalue weighted by atomic mass is 16.5. The lowest BCUT2D eigenvalue weighted by Gasteiger charge is -2.37. The molecule has 4 heteroatoms. The molecule has 0 aliphatic carbocycles. The van der Waals surface area contributed by atoms with Gasteiger partial charge in [0.25, 0.3) is 0 Å². The molecule has 3 aromatic carbocycles. The molecule has 0 spiro atoms. The Bertz CT molecular complexity index is 1670. The summed E-state index contributed by atoms with van der Waals surface area (Å²) in [6.45, 7) is 15.5. The van der Waals surface area contributed by atoms with Crippen molar-refractivity contribution in [2.24, 2.45) is 0 Å². The summed E-state index contributed by atoms with van der Waals surface area (Å²) in [5, 5.41) is 2.22. The number of rotatable bonds is 1. The van der Waals surface area contributed by atoms with E-state index >= 15 is 0 Å². The molecule has 5 aromatic rings. The van der Waals surface area contributed by atoms with Crippen LogP contribution in [0.15, 0.2) is 60.9 Å². The molecule has 0 radical (unpaired) electrons. The van der Waals surface area contributed by atoms with E-state index in [2.05, 4.69) is 89.8 Å². The number of pyridine rings is 2. The van der Waals surface area contributed by atoms with Crippen LogP contribution in [0.3, 0.4) is 0 Å². The Kier molecular flexibility index (Phi) is 4.88. The first-order chi connectivity index (χ1) is 17.1. The number of anilines is 3. The van der Waals surface area contributed by atoms with E-state index in [0.29, 0.717) is 0 Å². The Hall–Kier alpha value is -3.92. The van der Waals surface area contributed by atoms with Crippen molar-refractivity contribution in [3.05, 3.63) is 88.7 Å². The lowest BCUT2D eigenvalue weighted by molar-refractivity contribution is 0.474. The lowest BCUT2D eigenvalue weighted by Crippen LogP contribution is -2.21. The summed E-state index contributed by atoms with van der Waals surface area (Å²) < 4.78 is 6.69. The smallest absolute Gasteiger partial charge is 0.156 e. The van der Waals surface area contributed by atoms with Crippen molar-refractivity contribution < 1.29 is 4.74 Å². The van der Waals surface area contributed by atoms with Crippen LogP contribution in [0.4, 0.5) is 17.1 Å². The molecule has 4 nitrogen and oxygen atoms in total. The summed E-state index contributed by atoms with van der Waals surface area (Å²) in [5.41, 5.74) is 11.0. The molecule has 36 heavy (non-hydrogen) atoms. The fourth-order valence-corrected chi connectivity index (χ4v) is 5.51. The minimum absolute atomic E-state index is 0.0606. The number of nitrogens with zero attached hydrogens (tertiary/aromatic N) is 3. The number of ether oxygens (including phenoxy) is 1. The van der Waals surface area contributed by atoms with Crippen LogP contribution < -0.4 is 9.64 Å². The molecule has 1 aliphatic rings. The Morgan fingerprint density at radius 2 is 1.36 bits per heavy atom. The van der Waals surface area contributed by atoms with E-state index in [1.807, 2.05) is 24.5 Å². The molecule has 2 aromatic heterocycles. The number of aromatic nitrogens is 2. The summed E-state index contributed by atoms with van der Waals surface area (Å²) in [7, 11) is 0. The standard InChI is InChI=1S/C32H31N3O/c1-18-17-25-29(27-24(18)11-9-13-34-27)35(28-19(2)15-23(16-20(28)3)32(5,6)7)30-26-22(10-8-12-33-26)14-21(4)31(30)36-25/h8-17H,1-7H3. The highest BCUT2D eigenvalue weighted by Crippen LogP contribution is 2.57. The molecule has 0 saturated carbocycles. The van der Waals surface area contributed by atoms with Crippen molar-refractivity contribution in [2.45, 2.75) is 53.9 Å². The van der Waals surface area contributed by atoms with Gasteiger partial charge in [-0.2, -0.15) is 0 Å². The summed E-state index contributed by atoms with van der Waals surface area (Å²) >= 11 is 0. The molecular formula is C32H31N3O. The predicted molar refractivity (Wildman–Crippen MR) is 149 cm³/mol. The maximum atomic E-state index is 6.69. The Balaban J connectivity index is 1.78. The molecule has 0 fully saturated rings. The third-order valence-corrected chi connectivity index (χ3v) is 7.29. The predicted octanol–water partition coefficient (Wildman–Crippen LogP) is 8.89. The van der Waals surface area contributed by atoms with Crippen LogP contribution in [0.25, 0.3) is 21.8 Å². The van der Waals surface area contributed by atoms with Gasteiger partial charge in [0.15, 0.2) is 11.5 Å². The lowest BCUT2D eigenvalue weighted by atomic mass is 9.84. The Morgan fingerprint density at radius 3 is 2.06 bits per heavy atom. The number of benzene rings is 3. The first-order valence-corrected chi connectivity index (χ1v) is 12.5. The van der Waals surface area contributed by atoms with Crippen molar-refractivity contribution in [2.75, 3.05) is 4.90 Å². The molecule has 0 N–H and O–H groups in total. The van der Waals surface area contributed by atoms with Gasteiger partial charge in [-0.3, -0.25) is 14.9 Å². The number of hydrogen-bond donors (Lipinski definition) is 0. The number of aryl methyl sites for hydroxylation is 4. The summed E-state index contributed by atoms with van der Waals surface area (Å²) in [5.74, 6) is 1.67. The van der Waals surface area contributed by atoms with Crippen LogP contribution in [0, 0.1) is 27.7 Å². The second-order valence-electron chi connectivity index (χ2n) is 11.0. The van der Waals surface area contributed by atoms with Crippen LogP contribution in [0.1, 0.15) is 48.6 Å². The number of fused-ring (bicyclic) bond motifs is 6. The van der Waals surface area contributed by atoms with Gasteiger partial charge in [0.1, 0.15) is 11.4 Å². The fraction of sp³-hybridized carbons (Fsp3) is 0.250. The summed E-state index contributed by atoms with van der Waals surface area (Å²) in [6, 6.07) is 17.2. The third kappa shape index (κ3) is 3.28. The molecular weight excluding hydrogens is 442 g/mol. The molecule has 6 rings (SSSR count). The second kappa shape index (κ2) is 7.79. The molecule has 0 saturated heterocycles. The highest BCUT2D eigenvalue weighted by molar-refractivity contribution is 6.09. The van der Waals surface area contributed by atoms with Gasteiger partial charge < -0.3 is 4.74 Å². The van der Waals surface area contributed by atoms with Crippen molar-refractivity contribution in [3.63, 3.8) is 0 Å². The highest BCUT2D eigenvalue weighted by Gasteiger charge is 2.34. The van der Waals surface area contributed by atoms with Gasteiger partial charge in [-0.1, -0.05) is 45.0 Å². The topological polar surface area (TPSA) is 38.3 Å². The molecule has 0 unspecified atom stereocenters. The molecule has 0 bridgehead atoms. The maximum Gasteiger partial charge on any atom is 0.156 e. The average molecular weight is 474 g/mol. The molecule has 3 heterocycles. The van der Waals surface area contributed by atoms with E-state index in [9.17, 15) is 0 Å². The minimum atomic E-state index is 0.0606. The van der Waals surface area contributed by atoms with E-state index in [1.54, 1.807) is 0 Å². The van der Waals surface area contributed by atoms with E-state index in [0.717, 1.165) is 61.5 Å². The van der Waals surface area contributed by atoms with Gasteiger partial charge >= 0.3 is 0 Å². The van der Waals surface area contributed by atoms with Crippen molar-refractivity contribution in [1.29, 1.82) is 0 Å². The van der Waals surface area contributed by atoms with Crippen molar-refractivity contribution >= 4 is 38.9 Å². The van der Waals surface area contributed by atoms with Crippen LogP contribution in [0.2, 0.25) is 0 Å². The minimum Gasteiger partial charge on any atom is -0.452 e. The second-order valence-corrected chi connectivity index (χ2v) is 11.0. The van der Waals surface area contributed by atoms with E-state index in [1.165, 1.54) is 16.7 Å². The van der Waals surface area contributed by atoms with Crippen molar-refractivity contribution in [1.82, 2.24) is 9.97 Å². The van der Waals surface area contributed by atoms with E-state index in [4.69, 9.17) is 14.7 Å². The average Bonchev–Trinajstić information content (AvgIpc) is 2.83. The zero-order chi connectivity index (χ0) is 25.4. The van der Waals surface area contributed by atoms with Crippen LogP contribution in [0.5, 0.6) is 11.5 Å². The first kappa shape index (κ1) is 22.5. The monoisotopic (exact) mass is 473 g/mol. The van der Waals surface area contributed by atoms with Crippen LogP contribution in [-0.2, 0) is 5.41 Å². The number of hydrogen-bond acceptors (Lipinski definition) is 4. The Morgan fingerprint density at radius 1 is 0.694 bits per heavy atom. The molecule has 0 amide bonds. The normalized spacial score (nSPS) is 13.0. The first-order valence-electron chi connectivity index (χ1n) is 12.5. The fourth-order valence-electron chi connectivity index (χ4n) is 5.51. The Labute approximate surface area is 212 Å². The molecule has 0 atom stereocenters. The molecule has 1 aliphatic heterocycles. The molecule has 180 valence electrons. The SMILES string of the molecule is Cc1cc2cccnc2c2c1Oc1cc(C)c3cccnc3c1N2c1c(C)cc(C(C)(C)C)cc1C. The van der Waals surface area contributed by atoms with Gasteiger partial charge in [0, 0.05) is 23.2 Å².